The van der Waals surface area contributed by atoms with Crippen LogP contribution in [-0.2, 0) is 20.8 Å². The Hall–Kier alpha value is -1.63. The first kappa shape index (κ1) is 18.2. The lowest BCUT2D eigenvalue weighted by Gasteiger charge is -2.36. The van der Waals surface area contributed by atoms with Crippen LogP contribution in [0.15, 0.2) is 24.3 Å². The first-order valence-corrected chi connectivity index (χ1v) is 9.05. The van der Waals surface area contributed by atoms with Gasteiger partial charge in [-0.3, -0.25) is 9.69 Å². The number of nitrogens with one attached hydrogen (secondary N) is 1. The number of nitrogens with zero attached hydrogens (tertiary/aromatic N) is 1. The third kappa shape index (κ3) is 4.71. The third-order valence-corrected chi connectivity index (χ3v) is 5.13. The van der Waals surface area contributed by atoms with E-state index in [1.165, 1.54) is 0 Å². The first-order valence-electron chi connectivity index (χ1n) is 9.05. The molecule has 0 aromatic heterocycles. The minimum Gasteiger partial charge on any atom is -0.497 e. The minimum atomic E-state index is -0.128. The van der Waals surface area contributed by atoms with E-state index in [2.05, 4.69) is 10.2 Å². The van der Waals surface area contributed by atoms with Crippen molar-refractivity contribution in [3.05, 3.63) is 29.8 Å². The number of likely N-dealkylation sites (tertiary alicyclic amines) is 1. The van der Waals surface area contributed by atoms with Crippen LogP contribution in [0.2, 0.25) is 0 Å². The Morgan fingerprint density at radius 3 is 2.72 bits per heavy atom. The number of carbonyl (C=O) groups is 1. The van der Waals surface area contributed by atoms with Crippen LogP contribution in [0.5, 0.6) is 5.75 Å². The number of carbonyl (C=O) groups excluding carboxylic acids is 1. The molecule has 0 aliphatic carbocycles. The second-order valence-corrected chi connectivity index (χ2v) is 6.73. The number of hydrogen-bond acceptors (Lipinski definition) is 5. The molecule has 0 radical (unpaired) electrons. The quantitative estimate of drug-likeness (QED) is 0.849. The van der Waals surface area contributed by atoms with Crippen molar-refractivity contribution < 1.29 is 19.0 Å². The molecule has 1 N–H and O–H groups in total. The fraction of sp³-hybridized carbons (Fsp3) is 0.632. The predicted molar refractivity (Wildman–Crippen MR) is 94.3 cm³/mol. The molecule has 2 aliphatic heterocycles. The summed E-state index contributed by atoms with van der Waals surface area (Å²) < 4.78 is 16.4. The number of piperidine rings is 1. The molecule has 1 aromatic carbocycles. The Morgan fingerprint density at radius 2 is 2.04 bits per heavy atom. The highest BCUT2D eigenvalue weighted by Crippen LogP contribution is 2.26. The number of hydrogen-bond donors (Lipinski definition) is 1. The molecule has 2 saturated heterocycles. The molecule has 2 heterocycles. The van der Waals surface area contributed by atoms with E-state index in [9.17, 15) is 4.79 Å². The molecule has 25 heavy (non-hydrogen) atoms. The molecule has 0 saturated carbocycles. The summed E-state index contributed by atoms with van der Waals surface area (Å²) in [5.41, 5.74) is 1.04. The first-order chi connectivity index (χ1) is 12.2. The summed E-state index contributed by atoms with van der Waals surface area (Å²) >= 11 is 0. The van der Waals surface area contributed by atoms with Gasteiger partial charge in [-0.2, -0.15) is 0 Å². The monoisotopic (exact) mass is 348 g/mol. The van der Waals surface area contributed by atoms with Crippen LogP contribution < -0.4 is 10.1 Å². The number of amides is 1. The molecular formula is C19H28N2O4. The van der Waals surface area contributed by atoms with Crippen LogP contribution in [0.1, 0.15) is 25.3 Å². The van der Waals surface area contributed by atoms with Crippen molar-refractivity contribution in [1.29, 1.82) is 0 Å². The van der Waals surface area contributed by atoms with Gasteiger partial charge in [0.25, 0.3) is 0 Å². The van der Waals surface area contributed by atoms with Crippen LogP contribution in [-0.4, -0.2) is 56.6 Å². The molecule has 1 unspecified atom stereocenters. The highest BCUT2D eigenvalue weighted by molar-refractivity contribution is 5.81. The molecule has 2 fully saturated rings. The van der Waals surface area contributed by atoms with Crippen molar-refractivity contribution in [3.8, 4) is 5.75 Å². The van der Waals surface area contributed by atoms with E-state index in [4.69, 9.17) is 14.2 Å². The van der Waals surface area contributed by atoms with Crippen LogP contribution in [0.3, 0.4) is 0 Å². The number of rotatable bonds is 6. The lowest BCUT2D eigenvalue weighted by atomic mass is 9.95. The molecule has 0 spiro atoms. The van der Waals surface area contributed by atoms with Crippen LogP contribution in [0.4, 0.5) is 0 Å². The highest BCUT2D eigenvalue weighted by atomic mass is 16.7. The van der Waals surface area contributed by atoms with Crippen LogP contribution in [0, 0.1) is 5.92 Å². The lowest BCUT2D eigenvalue weighted by molar-refractivity contribution is -0.128. The molecule has 0 bridgehead atoms. The summed E-state index contributed by atoms with van der Waals surface area (Å²) in [7, 11) is 1.64. The van der Waals surface area contributed by atoms with Gasteiger partial charge in [-0.25, -0.2) is 0 Å². The largest absolute Gasteiger partial charge is 0.497 e. The Kier molecular flexibility index (Phi) is 6.29. The van der Waals surface area contributed by atoms with Crippen molar-refractivity contribution in [3.63, 3.8) is 0 Å². The Morgan fingerprint density at radius 1 is 1.32 bits per heavy atom. The van der Waals surface area contributed by atoms with E-state index in [0.717, 1.165) is 37.2 Å². The summed E-state index contributed by atoms with van der Waals surface area (Å²) in [4.78, 5) is 14.7. The van der Waals surface area contributed by atoms with Gasteiger partial charge in [0.05, 0.1) is 26.4 Å². The van der Waals surface area contributed by atoms with Gasteiger partial charge < -0.3 is 19.5 Å². The zero-order valence-electron chi connectivity index (χ0n) is 15.1. The highest BCUT2D eigenvalue weighted by Gasteiger charge is 2.32. The van der Waals surface area contributed by atoms with Gasteiger partial charge in [0.15, 0.2) is 6.29 Å². The van der Waals surface area contributed by atoms with Gasteiger partial charge in [-0.05, 0) is 50.6 Å². The summed E-state index contributed by atoms with van der Waals surface area (Å²) in [6.07, 6.45) is 1.98. The van der Waals surface area contributed by atoms with Gasteiger partial charge in [-0.15, -0.1) is 0 Å². The number of ether oxygens (including phenoxy) is 3. The van der Waals surface area contributed by atoms with Crippen molar-refractivity contribution in [2.45, 2.75) is 38.6 Å². The summed E-state index contributed by atoms with van der Waals surface area (Å²) in [6, 6.07) is 7.63. The molecule has 6 heteroatoms. The van der Waals surface area contributed by atoms with Crippen molar-refractivity contribution in [1.82, 2.24) is 10.2 Å². The molecule has 138 valence electrons. The van der Waals surface area contributed by atoms with Gasteiger partial charge in [0.2, 0.25) is 5.91 Å². The average molecular weight is 348 g/mol. The molecule has 1 aromatic rings. The van der Waals surface area contributed by atoms with Crippen LogP contribution >= 0.6 is 0 Å². The molecule has 6 nitrogen and oxygen atoms in total. The fourth-order valence-electron chi connectivity index (χ4n) is 3.51. The van der Waals surface area contributed by atoms with E-state index in [-0.39, 0.29) is 18.2 Å². The number of methoxy groups -OCH3 is 1. The summed E-state index contributed by atoms with van der Waals surface area (Å²) in [5.74, 6) is 1.32. The second kappa shape index (κ2) is 8.65. The second-order valence-electron chi connectivity index (χ2n) is 6.73. The summed E-state index contributed by atoms with van der Waals surface area (Å²) in [5, 5.41) is 3.03. The zero-order chi connectivity index (χ0) is 17.6. The van der Waals surface area contributed by atoms with Crippen molar-refractivity contribution in [2.75, 3.05) is 33.4 Å². The molecule has 1 amide bonds. The van der Waals surface area contributed by atoms with Crippen LogP contribution in [0.25, 0.3) is 0 Å². The van der Waals surface area contributed by atoms with Gasteiger partial charge in [0.1, 0.15) is 5.75 Å². The zero-order valence-corrected chi connectivity index (χ0v) is 15.1. The maximum Gasteiger partial charge on any atom is 0.237 e. The van der Waals surface area contributed by atoms with Crippen molar-refractivity contribution in [2.24, 2.45) is 5.92 Å². The molecule has 3 rings (SSSR count). The van der Waals surface area contributed by atoms with Crippen molar-refractivity contribution >= 4 is 5.91 Å². The van der Waals surface area contributed by atoms with Gasteiger partial charge in [0, 0.05) is 12.5 Å². The Labute approximate surface area is 149 Å². The molecule has 1 atom stereocenters. The van der Waals surface area contributed by atoms with E-state index in [0.29, 0.717) is 25.7 Å². The summed E-state index contributed by atoms with van der Waals surface area (Å²) in [6.45, 7) is 5.70. The molecule has 2 aliphatic rings. The lowest BCUT2D eigenvalue weighted by Crippen LogP contribution is -2.49. The van der Waals surface area contributed by atoms with E-state index in [1.54, 1.807) is 7.11 Å². The maximum absolute atomic E-state index is 12.5. The topological polar surface area (TPSA) is 60.0 Å². The SMILES string of the molecule is COc1cccc(CNC(=O)C(C)N2CCC(C3OCCO3)CC2)c1. The average Bonchev–Trinajstić information content (AvgIpc) is 3.20. The smallest absolute Gasteiger partial charge is 0.237 e. The van der Waals surface area contributed by atoms with E-state index >= 15 is 0 Å². The Balaban J connectivity index is 1.44. The maximum atomic E-state index is 12.5. The fourth-order valence-corrected chi connectivity index (χ4v) is 3.51. The Bertz CT molecular complexity index is 566. The number of benzene rings is 1. The minimum absolute atomic E-state index is 0.0423. The van der Waals surface area contributed by atoms with Gasteiger partial charge in [-0.1, -0.05) is 12.1 Å². The standard InChI is InChI=1S/C19H28N2O4/c1-14(18(22)20-13-15-4-3-5-17(12-15)23-2)21-8-6-16(7-9-21)19-24-10-11-25-19/h3-5,12,14,16,19H,6-11,13H2,1-2H3,(H,20,22). The van der Waals surface area contributed by atoms with Gasteiger partial charge >= 0.3 is 0 Å². The van der Waals surface area contributed by atoms with E-state index < -0.39 is 0 Å². The predicted octanol–water partition coefficient (Wildman–Crippen LogP) is 1.78. The van der Waals surface area contributed by atoms with E-state index in [1.807, 2.05) is 31.2 Å². The third-order valence-electron chi connectivity index (χ3n) is 5.13. The molecular weight excluding hydrogens is 320 g/mol. The normalized spacial score (nSPS) is 21.2.